The molecule has 1 heterocycles. The van der Waals surface area contributed by atoms with Crippen molar-refractivity contribution in [3.05, 3.63) is 0 Å². The maximum absolute atomic E-state index is 5.48. The molecule has 2 atom stereocenters. The summed E-state index contributed by atoms with van der Waals surface area (Å²) >= 11 is 0. The second-order valence-electron chi connectivity index (χ2n) is 3.79. The van der Waals surface area contributed by atoms with E-state index >= 15 is 0 Å². The molecule has 1 aliphatic heterocycles. The Kier molecular flexibility index (Phi) is 1.55. The molecule has 0 spiro atoms. The van der Waals surface area contributed by atoms with Crippen molar-refractivity contribution in [2.75, 3.05) is 6.61 Å². The highest BCUT2D eigenvalue weighted by molar-refractivity contribution is 4.84. The molecule has 1 heteroatoms. The van der Waals surface area contributed by atoms with Crippen LogP contribution in [0.4, 0.5) is 0 Å². The van der Waals surface area contributed by atoms with Gasteiger partial charge >= 0.3 is 0 Å². The van der Waals surface area contributed by atoms with Crippen LogP contribution in [-0.2, 0) is 4.74 Å². The molecule has 1 saturated heterocycles. The summed E-state index contributed by atoms with van der Waals surface area (Å²) in [7, 11) is 0. The molecule has 0 radical (unpaired) electrons. The van der Waals surface area contributed by atoms with Crippen LogP contribution in [0.2, 0.25) is 0 Å². The van der Waals surface area contributed by atoms with Crippen molar-refractivity contribution < 1.29 is 4.74 Å². The molecule has 0 aliphatic carbocycles. The van der Waals surface area contributed by atoms with Gasteiger partial charge < -0.3 is 4.74 Å². The predicted molar refractivity (Wildman–Crippen MR) is 38.4 cm³/mol. The summed E-state index contributed by atoms with van der Waals surface area (Å²) in [4.78, 5) is 0. The monoisotopic (exact) mass is 128 g/mol. The first-order chi connectivity index (χ1) is 4.04. The van der Waals surface area contributed by atoms with Crippen molar-refractivity contribution in [2.24, 2.45) is 11.3 Å². The van der Waals surface area contributed by atoms with Crippen LogP contribution in [0.1, 0.15) is 27.7 Å². The van der Waals surface area contributed by atoms with E-state index in [0.29, 0.717) is 17.4 Å². The van der Waals surface area contributed by atoms with Gasteiger partial charge in [0, 0.05) is 0 Å². The van der Waals surface area contributed by atoms with E-state index in [1.165, 1.54) is 0 Å². The quantitative estimate of drug-likeness (QED) is 0.485. The summed E-state index contributed by atoms with van der Waals surface area (Å²) in [6, 6.07) is 0. The van der Waals surface area contributed by atoms with Crippen molar-refractivity contribution in [1.82, 2.24) is 0 Å². The first-order valence-corrected chi connectivity index (χ1v) is 3.65. The molecule has 0 N–H and O–H groups in total. The van der Waals surface area contributed by atoms with Gasteiger partial charge in [0.15, 0.2) is 0 Å². The lowest BCUT2D eigenvalue weighted by molar-refractivity contribution is 0.105. The number of hydrogen-bond acceptors (Lipinski definition) is 1. The minimum absolute atomic E-state index is 0.402. The van der Waals surface area contributed by atoms with Crippen LogP contribution in [0.3, 0.4) is 0 Å². The zero-order valence-corrected chi connectivity index (χ0v) is 6.77. The van der Waals surface area contributed by atoms with Gasteiger partial charge in [-0.1, -0.05) is 20.8 Å². The Hall–Kier alpha value is -0.0400. The van der Waals surface area contributed by atoms with Gasteiger partial charge in [-0.05, 0) is 18.3 Å². The molecule has 1 aliphatic rings. The van der Waals surface area contributed by atoms with Gasteiger partial charge in [-0.2, -0.15) is 0 Å². The van der Waals surface area contributed by atoms with Gasteiger partial charge in [0.25, 0.3) is 0 Å². The lowest BCUT2D eigenvalue weighted by atomic mass is 9.81. The lowest BCUT2D eigenvalue weighted by Crippen LogP contribution is -2.21. The highest BCUT2D eigenvalue weighted by Crippen LogP contribution is 2.36. The van der Waals surface area contributed by atoms with Crippen molar-refractivity contribution in [1.29, 1.82) is 0 Å². The van der Waals surface area contributed by atoms with E-state index in [-0.39, 0.29) is 0 Å². The Balaban J connectivity index is 2.62. The zero-order chi connectivity index (χ0) is 7.07. The smallest absolute Gasteiger partial charge is 0.0578 e. The van der Waals surface area contributed by atoms with Gasteiger partial charge in [0.05, 0.1) is 12.7 Å². The highest BCUT2D eigenvalue weighted by atomic mass is 16.5. The highest BCUT2D eigenvalue weighted by Gasteiger charge is 2.37. The average molecular weight is 128 g/mol. The third-order valence-corrected chi connectivity index (χ3v) is 2.66. The fourth-order valence-corrected chi connectivity index (χ4v) is 1.26. The van der Waals surface area contributed by atoms with E-state index < -0.39 is 0 Å². The number of hydrogen-bond donors (Lipinski definition) is 0. The minimum atomic E-state index is 0.402. The third-order valence-electron chi connectivity index (χ3n) is 2.66. The maximum Gasteiger partial charge on any atom is 0.0578 e. The Morgan fingerprint density at radius 2 is 1.89 bits per heavy atom. The van der Waals surface area contributed by atoms with E-state index in [9.17, 15) is 0 Å². The molecule has 1 fully saturated rings. The molecular weight excluding hydrogens is 112 g/mol. The van der Waals surface area contributed by atoms with Gasteiger partial charge in [-0.15, -0.1) is 0 Å². The van der Waals surface area contributed by atoms with E-state index in [1.54, 1.807) is 0 Å². The van der Waals surface area contributed by atoms with Crippen LogP contribution in [0.25, 0.3) is 0 Å². The largest absolute Gasteiger partial charge is 0.378 e. The van der Waals surface area contributed by atoms with E-state index in [1.807, 2.05) is 0 Å². The standard InChI is InChI=1S/C8H16O/c1-6-7(2)9-5-8(6,3)4/h6-7H,5H2,1-4H3/t6-,7?/m0/s1. The zero-order valence-electron chi connectivity index (χ0n) is 6.77. The van der Waals surface area contributed by atoms with E-state index in [2.05, 4.69) is 27.7 Å². The van der Waals surface area contributed by atoms with Crippen LogP contribution in [-0.4, -0.2) is 12.7 Å². The molecule has 0 saturated carbocycles. The fourth-order valence-electron chi connectivity index (χ4n) is 1.26. The van der Waals surface area contributed by atoms with Gasteiger partial charge in [-0.25, -0.2) is 0 Å². The topological polar surface area (TPSA) is 9.23 Å². The third kappa shape index (κ3) is 1.11. The van der Waals surface area contributed by atoms with Crippen molar-refractivity contribution in [3.8, 4) is 0 Å². The van der Waals surface area contributed by atoms with Crippen molar-refractivity contribution in [3.63, 3.8) is 0 Å². The summed E-state index contributed by atoms with van der Waals surface area (Å²) in [6.07, 6.45) is 0.458. The Labute approximate surface area is 57.4 Å². The SMILES string of the molecule is CC1OCC(C)(C)[C@H]1C. The Bertz CT molecular complexity index is 107. The summed E-state index contributed by atoms with van der Waals surface area (Å²) in [5, 5.41) is 0. The molecule has 9 heavy (non-hydrogen) atoms. The van der Waals surface area contributed by atoms with Crippen LogP contribution in [0.5, 0.6) is 0 Å². The normalized spacial score (nSPS) is 41.3. The molecule has 0 aromatic heterocycles. The molecule has 54 valence electrons. The Morgan fingerprint density at radius 3 is 2.00 bits per heavy atom. The number of ether oxygens (including phenoxy) is 1. The molecular formula is C8H16O. The van der Waals surface area contributed by atoms with Crippen molar-refractivity contribution in [2.45, 2.75) is 33.8 Å². The molecule has 0 aromatic carbocycles. The van der Waals surface area contributed by atoms with Crippen LogP contribution in [0, 0.1) is 11.3 Å². The van der Waals surface area contributed by atoms with Crippen LogP contribution in [0.15, 0.2) is 0 Å². The average Bonchev–Trinajstić information content (AvgIpc) is 1.97. The molecule has 1 nitrogen and oxygen atoms in total. The first-order valence-electron chi connectivity index (χ1n) is 3.65. The predicted octanol–water partition coefficient (Wildman–Crippen LogP) is 2.07. The lowest BCUT2D eigenvalue weighted by Gasteiger charge is -2.21. The summed E-state index contributed by atoms with van der Waals surface area (Å²) in [5.74, 6) is 0.706. The fraction of sp³-hybridized carbons (Fsp3) is 1.00. The Morgan fingerprint density at radius 1 is 1.33 bits per heavy atom. The van der Waals surface area contributed by atoms with Crippen LogP contribution >= 0.6 is 0 Å². The van der Waals surface area contributed by atoms with Crippen LogP contribution < -0.4 is 0 Å². The van der Waals surface area contributed by atoms with E-state index in [0.717, 1.165) is 6.61 Å². The summed E-state index contributed by atoms with van der Waals surface area (Å²) in [6.45, 7) is 9.87. The molecule has 1 rings (SSSR count). The summed E-state index contributed by atoms with van der Waals surface area (Å²) in [5.41, 5.74) is 0.402. The van der Waals surface area contributed by atoms with Crippen molar-refractivity contribution >= 4 is 0 Å². The molecule has 0 aromatic rings. The van der Waals surface area contributed by atoms with Gasteiger partial charge in [0.2, 0.25) is 0 Å². The second kappa shape index (κ2) is 1.98. The van der Waals surface area contributed by atoms with Gasteiger partial charge in [-0.3, -0.25) is 0 Å². The molecule has 0 amide bonds. The van der Waals surface area contributed by atoms with Gasteiger partial charge in [0.1, 0.15) is 0 Å². The maximum atomic E-state index is 5.48. The number of rotatable bonds is 0. The molecule has 1 unspecified atom stereocenters. The second-order valence-corrected chi connectivity index (χ2v) is 3.79. The minimum Gasteiger partial charge on any atom is -0.378 e. The summed E-state index contributed by atoms with van der Waals surface area (Å²) < 4.78 is 5.48. The molecule has 0 bridgehead atoms. The first kappa shape index (κ1) is 7.07. The van der Waals surface area contributed by atoms with E-state index in [4.69, 9.17) is 4.74 Å².